The third kappa shape index (κ3) is 5.21. The average molecular weight is 313 g/mol. The lowest BCUT2D eigenvalue weighted by Gasteiger charge is -2.32. The lowest BCUT2D eigenvalue weighted by Crippen LogP contribution is -2.49. The van der Waals surface area contributed by atoms with Crippen LogP contribution in [0.1, 0.15) is 25.3 Å². The van der Waals surface area contributed by atoms with Gasteiger partial charge in [0.25, 0.3) is 0 Å². The lowest BCUT2D eigenvalue weighted by molar-refractivity contribution is -0.131. The fourth-order valence-electron chi connectivity index (χ4n) is 2.50. The van der Waals surface area contributed by atoms with Crippen molar-refractivity contribution in [2.45, 2.75) is 26.7 Å². The minimum Gasteiger partial charge on any atom is -0.492 e. The van der Waals surface area contributed by atoms with Gasteiger partial charge in [-0.25, -0.2) is 0 Å². The van der Waals surface area contributed by atoms with Crippen molar-refractivity contribution in [2.75, 3.05) is 26.2 Å². The molecule has 1 heterocycles. The highest BCUT2D eigenvalue weighted by Crippen LogP contribution is 2.25. The van der Waals surface area contributed by atoms with Crippen LogP contribution in [0.3, 0.4) is 0 Å². The summed E-state index contributed by atoms with van der Waals surface area (Å²) < 4.78 is 5.63. The van der Waals surface area contributed by atoms with Gasteiger partial charge in [-0.2, -0.15) is 0 Å². The summed E-state index contributed by atoms with van der Waals surface area (Å²) >= 11 is 0. The van der Waals surface area contributed by atoms with Crippen LogP contribution in [-0.2, 0) is 4.79 Å². The van der Waals surface area contributed by atoms with Crippen LogP contribution in [0.2, 0.25) is 0 Å². The van der Waals surface area contributed by atoms with Crippen molar-refractivity contribution in [3.8, 4) is 5.75 Å². The van der Waals surface area contributed by atoms with Crippen LogP contribution >= 0.6 is 12.4 Å². The van der Waals surface area contributed by atoms with Crippen molar-refractivity contribution in [1.82, 2.24) is 10.6 Å². The van der Waals surface area contributed by atoms with Crippen LogP contribution in [0.15, 0.2) is 24.3 Å². The molecular weight excluding hydrogens is 288 g/mol. The van der Waals surface area contributed by atoms with Crippen LogP contribution in [0.5, 0.6) is 5.75 Å². The molecule has 1 aromatic carbocycles. The lowest BCUT2D eigenvalue weighted by atomic mass is 9.82. The van der Waals surface area contributed by atoms with Crippen LogP contribution in [0, 0.1) is 12.3 Å². The monoisotopic (exact) mass is 312 g/mol. The molecule has 5 heteroatoms. The SMILES string of the molecule is Cc1cccc(OCCNC(=O)C2(C)CCCNC2)c1.Cl. The molecule has 0 spiro atoms. The predicted molar refractivity (Wildman–Crippen MR) is 87.1 cm³/mol. The summed E-state index contributed by atoms with van der Waals surface area (Å²) in [5.74, 6) is 0.974. The minimum absolute atomic E-state index is 0. The van der Waals surface area contributed by atoms with E-state index in [9.17, 15) is 4.79 Å². The van der Waals surface area contributed by atoms with E-state index in [2.05, 4.69) is 10.6 Å². The fraction of sp³-hybridized carbons (Fsp3) is 0.562. The molecule has 1 atom stereocenters. The van der Waals surface area contributed by atoms with Gasteiger partial charge in [-0.15, -0.1) is 12.4 Å². The van der Waals surface area contributed by atoms with Gasteiger partial charge in [-0.05, 0) is 50.9 Å². The molecule has 1 fully saturated rings. The van der Waals surface area contributed by atoms with E-state index in [1.165, 1.54) is 5.56 Å². The molecule has 1 aliphatic rings. The molecule has 0 aromatic heterocycles. The van der Waals surface area contributed by atoms with Gasteiger partial charge in [0.05, 0.1) is 12.0 Å². The zero-order chi connectivity index (χ0) is 14.4. The van der Waals surface area contributed by atoms with E-state index >= 15 is 0 Å². The summed E-state index contributed by atoms with van der Waals surface area (Å²) in [6, 6.07) is 7.93. The number of ether oxygens (including phenoxy) is 1. The van der Waals surface area contributed by atoms with Gasteiger partial charge in [0.2, 0.25) is 5.91 Å². The Morgan fingerprint density at radius 3 is 2.95 bits per heavy atom. The summed E-state index contributed by atoms with van der Waals surface area (Å²) in [7, 11) is 0. The Labute approximate surface area is 133 Å². The number of carbonyl (C=O) groups excluding carboxylic acids is 1. The molecule has 2 rings (SSSR count). The van der Waals surface area contributed by atoms with E-state index < -0.39 is 0 Å². The number of carbonyl (C=O) groups is 1. The molecule has 1 saturated heterocycles. The molecule has 21 heavy (non-hydrogen) atoms. The Hall–Kier alpha value is -1.26. The number of hydrogen-bond acceptors (Lipinski definition) is 3. The topological polar surface area (TPSA) is 50.4 Å². The smallest absolute Gasteiger partial charge is 0.227 e. The Kier molecular flexibility index (Phi) is 6.99. The van der Waals surface area contributed by atoms with Crippen LogP contribution in [-0.4, -0.2) is 32.1 Å². The second kappa shape index (κ2) is 8.25. The number of aryl methyl sites for hydroxylation is 1. The van der Waals surface area contributed by atoms with Crippen molar-refractivity contribution in [1.29, 1.82) is 0 Å². The highest BCUT2D eigenvalue weighted by Gasteiger charge is 2.34. The maximum Gasteiger partial charge on any atom is 0.227 e. The van der Waals surface area contributed by atoms with Gasteiger partial charge in [0, 0.05) is 6.54 Å². The zero-order valence-corrected chi connectivity index (χ0v) is 13.6. The predicted octanol–water partition coefficient (Wildman–Crippen LogP) is 2.30. The number of halogens is 1. The molecule has 1 unspecified atom stereocenters. The Morgan fingerprint density at radius 1 is 1.48 bits per heavy atom. The van der Waals surface area contributed by atoms with Gasteiger partial charge >= 0.3 is 0 Å². The molecule has 1 aliphatic heterocycles. The summed E-state index contributed by atoms with van der Waals surface area (Å²) in [5, 5.41) is 6.26. The number of piperidine rings is 1. The Morgan fingerprint density at radius 2 is 2.29 bits per heavy atom. The number of hydrogen-bond donors (Lipinski definition) is 2. The summed E-state index contributed by atoms with van der Waals surface area (Å²) in [6.45, 7) is 6.87. The van der Waals surface area contributed by atoms with Gasteiger partial charge in [0.1, 0.15) is 12.4 Å². The maximum absolute atomic E-state index is 12.2. The number of rotatable bonds is 5. The molecule has 4 nitrogen and oxygen atoms in total. The maximum atomic E-state index is 12.2. The first kappa shape index (κ1) is 17.8. The van der Waals surface area contributed by atoms with Crippen LogP contribution in [0.25, 0.3) is 0 Å². The van der Waals surface area contributed by atoms with Crippen LogP contribution < -0.4 is 15.4 Å². The molecule has 1 amide bonds. The normalized spacial score (nSPS) is 21.2. The van der Waals surface area contributed by atoms with Crippen molar-refractivity contribution in [3.05, 3.63) is 29.8 Å². The van der Waals surface area contributed by atoms with E-state index in [4.69, 9.17) is 4.74 Å². The summed E-state index contributed by atoms with van der Waals surface area (Å²) in [5.41, 5.74) is 0.897. The Bertz CT molecular complexity index is 459. The second-order valence-corrected chi connectivity index (χ2v) is 5.76. The average Bonchev–Trinajstić information content (AvgIpc) is 2.44. The molecule has 2 N–H and O–H groups in total. The summed E-state index contributed by atoms with van der Waals surface area (Å²) in [6.07, 6.45) is 2.01. The van der Waals surface area contributed by atoms with Gasteiger partial charge < -0.3 is 15.4 Å². The third-order valence-corrected chi connectivity index (χ3v) is 3.79. The molecular formula is C16H25ClN2O2. The van der Waals surface area contributed by atoms with Crippen molar-refractivity contribution >= 4 is 18.3 Å². The van der Waals surface area contributed by atoms with Gasteiger partial charge in [-0.3, -0.25) is 4.79 Å². The first-order valence-corrected chi connectivity index (χ1v) is 7.29. The first-order chi connectivity index (χ1) is 9.60. The van der Waals surface area contributed by atoms with Crippen molar-refractivity contribution in [2.24, 2.45) is 5.41 Å². The van der Waals surface area contributed by atoms with Gasteiger partial charge in [0.15, 0.2) is 0 Å². The summed E-state index contributed by atoms with van der Waals surface area (Å²) in [4.78, 5) is 12.2. The van der Waals surface area contributed by atoms with E-state index in [1.807, 2.05) is 38.1 Å². The number of nitrogens with one attached hydrogen (secondary N) is 2. The van der Waals surface area contributed by atoms with E-state index in [0.29, 0.717) is 13.2 Å². The third-order valence-electron chi connectivity index (χ3n) is 3.79. The number of benzene rings is 1. The molecule has 0 bridgehead atoms. The van der Waals surface area contributed by atoms with Crippen molar-refractivity contribution in [3.63, 3.8) is 0 Å². The molecule has 0 aliphatic carbocycles. The standard InChI is InChI=1S/C16H24N2O2.ClH/c1-13-5-3-6-14(11-13)20-10-9-18-15(19)16(2)7-4-8-17-12-16;/h3,5-6,11,17H,4,7-10,12H2,1-2H3,(H,18,19);1H. The van der Waals surface area contributed by atoms with Gasteiger partial charge in [-0.1, -0.05) is 12.1 Å². The molecule has 1 aromatic rings. The Balaban J connectivity index is 0.00000220. The first-order valence-electron chi connectivity index (χ1n) is 7.29. The fourth-order valence-corrected chi connectivity index (χ4v) is 2.50. The highest BCUT2D eigenvalue weighted by molar-refractivity contribution is 5.85. The largest absolute Gasteiger partial charge is 0.492 e. The second-order valence-electron chi connectivity index (χ2n) is 5.76. The molecule has 118 valence electrons. The highest BCUT2D eigenvalue weighted by atomic mass is 35.5. The van der Waals surface area contributed by atoms with E-state index in [-0.39, 0.29) is 23.7 Å². The van der Waals surface area contributed by atoms with Crippen LogP contribution in [0.4, 0.5) is 0 Å². The minimum atomic E-state index is -0.276. The molecule has 0 radical (unpaired) electrons. The molecule has 0 saturated carbocycles. The van der Waals surface area contributed by atoms with E-state index in [1.54, 1.807) is 0 Å². The number of amides is 1. The zero-order valence-electron chi connectivity index (χ0n) is 12.8. The van der Waals surface area contributed by atoms with E-state index in [0.717, 1.165) is 31.7 Å². The van der Waals surface area contributed by atoms with Crippen molar-refractivity contribution < 1.29 is 9.53 Å². The quantitative estimate of drug-likeness (QED) is 0.820.